The SMILES string of the molecule is C[C@@H]([C@H](O)c1ccc(F)c(Cl)c1)N(Cc1ccccc1)C(=O)O. The third kappa shape index (κ3) is 4.21. The van der Waals surface area contributed by atoms with Gasteiger partial charge in [0.1, 0.15) is 5.82 Å². The molecule has 0 aromatic heterocycles. The summed E-state index contributed by atoms with van der Waals surface area (Å²) in [5.41, 5.74) is 1.18. The van der Waals surface area contributed by atoms with Crippen LogP contribution in [0.3, 0.4) is 0 Å². The maximum atomic E-state index is 13.2. The number of hydrogen-bond donors (Lipinski definition) is 2. The van der Waals surface area contributed by atoms with E-state index in [-0.39, 0.29) is 11.6 Å². The number of aliphatic hydroxyl groups is 1. The largest absolute Gasteiger partial charge is 0.465 e. The number of nitrogens with zero attached hydrogens (tertiary/aromatic N) is 1. The van der Waals surface area contributed by atoms with Gasteiger partial charge in [-0.05, 0) is 30.2 Å². The first kappa shape index (κ1) is 17.2. The molecular weight excluding hydrogens is 321 g/mol. The normalized spacial score (nSPS) is 13.4. The minimum atomic E-state index is -1.14. The van der Waals surface area contributed by atoms with E-state index in [2.05, 4.69) is 0 Å². The molecule has 0 bridgehead atoms. The van der Waals surface area contributed by atoms with E-state index in [0.29, 0.717) is 5.56 Å². The second kappa shape index (κ2) is 7.44. The monoisotopic (exact) mass is 337 g/mol. The predicted molar refractivity (Wildman–Crippen MR) is 85.8 cm³/mol. The molecule has 23 heavy (non-hydrogen) atoms. The molecule has 4 nitrogen and oxygen atoms in total. The molecule has 0 heterocycles. The maximum Gasteiger partial charge on any atom is 0.407 e. The van der Waals surface area contributed by atoms with Gasteiger partial charge in [0, 0.05) is 6.54 Å². The van der Waals surface area contributed by atoms with Crippen molar-refractivity contribution in [2.45, 2.75) is 25.6 Å². The van der Waals surface area contributed by atoms with E-state index in [1.54, 1.807) is 6.92 Å². The van der Waals surface area contributed by atoms with Crippen molar-refractivity contribution in [3.8, 4) is 0 Å². The Kier molecular flexibility index (Phi) is 5.58. The van der Waals surface area contributed by atoms with Crippen LogP contribution in [0.2, 0.25) is 5.02 Å². The lowest BCUT2D eigenvalue weighted by Gasteiger charge is -2.30. The van der Waals surface area contributed by atoms with Crippen LogP contribution in [-0.4, -0.2) is 27.2 Å². The number of carbonyl (C=O) groups is 1. The molecule has 122 valence electrons. The highest BCUT2D eigenvalue weighted by Gasteiger charge is 2.27. The number of amides is 1. The summed E-state index contributed by atoms with van der Waals surface area (Å²) in [6.45, 7) is 1.74. The van der Waals surface area contributed by atoms with Gasteiger partial charge in [0.05, 0.1) is 17.2 Å². The van der Waals surface area contributed by atoms with Crippen LogP contribution in [0.1, 0.15) is 24.2 Å². The number of hydrogen-bond acceptors (Lipinski definition) is 2. The fraction of sp³-hybridized carbons (Fsp3) is 0.235. The molecule has 0 saturated heterocycles. The van der Waals surface area contributed by atoms with Gasteiger partial charge in [-0.3, -0.25) is 4.90 Å². The smallest absolute Gasteiger partial charge is 0.407 e. The highest BCUT2D eigenvalue weighted by Crippen LogP contribution is 2.26. The molecule has 2 atom stereocenters. The minimum Gasteiger partial charge on any atom is -0.465 e. The number of halogens is 2. The van der Waals surface area contributed by atoms with Crippen LogP contribution in [0.5, 0.6) is 0 Å². The maximum absolute atomic E-state index is 13.2. The first-order chi connectivity index (χ1) is 10.9. The van der Waals surface area contributed by atoms with E-state index in [9.17, 15) is 19.4 Å². The summed E-state index contributed by atoms with van der Waals surface area (Å²) in [6.07, 6.45) is -2.26. The van der Waals surface area contributed by atoms with Crippen LogP contribution in [0.4, 0.5) is 9.18 Å². The topological polar surface area (TPSA) is 60.8 Å². The van der Waals surface area contributed by atoms with E-state index < -0.39 is 24.1 Å². The van der Waals surface area contributed by atoms with Crippen LogP contribution < -0.4 is 0 Å². The first-order valence-electron chi connectivity index (χ1n) is 7.06. The summed E-state index contributed by atoms with van der Waals surface area (Å²) in [5.74, 6) is -0.588. The predicted octanol–water partition coefficient (Wildman–Crippen LogP) is 4.08. The molecule has 0 fully saturated rings. The lowest BCUT2D eigenvalue weighted by atomic mass is 10.0. The van der Waals surface area contributed by atoms with Crippen LogP contribution in [-0.2, 0) is 6.54 Å². The zero-order valence-electron chi connectivity index (χ0n) is 12.5. The molecule has 0 unspecified atom stereocenters. The van der Waals surface area contributed by atoms with Gasteiger partial charge in [-0.2, -0.15) is 0 Å². The van der Waals surface area contributed by atoms with Crippen LogP contribution in [0.15, 0.2) is 48.5 Å². The van der Waals surface area contributed by atoms with E-state index in [1.807, 2.05) is 30.3 Å². The van der Waals surface area contributed by atoms with Gasteiger partial charge in [-0.25, -0.2) is 9.18 Å². The Bertz CT molecular complexity index is 681. The van der Waals surface area contributed by atoms with E-state index in [0.717, 1.165) is 16.5 Å². The molecule has 2 rings (SSSR count). The summed E-state index contributed by atoms with van der Waals surface area (Å²) in [7, 11) is 0. The van der Waals surface area contributed by atoms with Gasteiger partial charge in [-0.15, -0.1) is 0 Å². The molecule has 2 N–H and O–H groups in total. The standard InChI is InChI=1S/C17H17ClFNO3/c1-11(16(21)13-7-8-15(19)14(18)9-13)20(17(22)23)10-12-5-3-2-4-6-12/h2-9,11,16,21H,10H2,1H3,(H,22,23)/t11-,16-/m0/s1. The van der Waals surface area contributed by atoms with Crippen molar-refractivity contribution in [2.24, 2.45) is 0 Å². The van der Waals surface area contributed by atoms with Gasteiger partial charge in [0.2, 0.25) is 0 Å². The van der Waals surface area contributed by atoms with Crippen LogP contribution >= 0.6 is 11.6 Å². The Balaban J connectivity index is 2.21. The summed E-state index contributed by atoms with van der Waals surface area (Å²) in [4.78, 5) is 12.7. The Hall–Kier alpha value is -2.11. The Morgan fingerprint density at radius 1 is 1.26 bits per heavy atom. The third-order valence-electron chi connectivity index (χ3n) is 3.68. The highest BCUT2D eigenvalue weighted by molar-refractivity contribution is 6.30. The molecule has 0 radical (unpaired) electrons. The van der Waals surface area contributed by atoms with Crippen molar-refractivity contribution in [3.63, 3.8) is 0 Å². The van der Waals surface area contributed by atoms with Crippen molar-refractivity contribution in [3.05, 3.63) is 70.5 Å². The van der Waals surface area contributed by atoms with Crippen molar-refractivity contribution >= 4 is 17.7 Å². The van der Waals surface area contributed by atoms with Gasteiger partial charge in [0.15, 0.2) is 0 Å². The number of benzene rings is 2. The fourth-order valence-electron chi connectivity index (χ4n) is 2.31. The zero-order chi connectivity index (χ0) is 17.0. The van der Waals surface area contributed by atoms with Gasteiger partial charge in [-0.1, -0.05) is 48.0 Å². The number of aliphatic hydroxyl groups excluding tert-OH is 1. The molecule has 0 aliphatic heterocycles. The Morgan fingerprint density at radius 3 is 2.48 bits per heavy atom. The van der Waals surface area contributed by atoms with Crippen LogP contribution in [0.25, 0.3) is 0 Å². The average Bonchev–Trinajstić information content (AvgIpc) is 2.54. The summed E-state index contributed by atoms with van der Waals surface area (Å²) >= 11 is 5.72. The number of carboxylic acid groups (broad SMARTS) is 1. The third-order valence-corrected chi connectivity index (χ3v) is 3.96. The summed E-state index contributed by atoms with van der Waals surface area (Å²) in [6, 6.07) is 12.2. The van der Waals surface area contributed by atoms with Gasteiger partial charge < -0.3 is 10.2 Å². The average molecular weight is 338 g/mol. The molecule has 0 spiro atoms. The summed E-state index contributed by atoms with van der Waals surface area (Å²) < 4.78 is 13.2. The lowest BCUT2D eigenvalue weighted by molar-refractivity contribution is 0.0517. The van der Waals surface area contributed by atoms with Crippen molar-refractivity contribution in [2.75, 3.05) is 0 Å². The zero-order valence-corrected chi connectivity index (χ0v) is 13.2. The van der Waals surface area contributed by atoms with Gasteiger partial charge >= 0.3 is 6.09 Å². The molecular formula is C17H17ClFNO3. The van der Waals surface area contributed by atoms with Crippen molar-refractivity contribution in [1.29, 1.82) is 0 Å². The second-order valence-electron chi connectivity index (χ2n) is 5.26. The fourth-order valence-corrected chi connectivity index (χ4v) is 2.50. The summed E-state index contributed by atoms with van der Waals surface area (Å²) in [5, 5.41) is 19.7. The van der Waals surface area contributed by atoms with E-state index in [1.165, 1.54) is 12.1 Å². The lowest BCUT2D eigenvalue weighted by Crippen LogP contribution is -2.40. The van der Waals surface area contributed by atoms with Crippen molar-refractivity contribution < 1.29 is 19.4 Å². The second-order valence-corrected chi connectivity index (χ2v) is 5.66. The molecule has 1 amide bonds. The number of rotatable bonds is 5. The molecule has 0 aliphatic rings. The first-order valence-corrected chi connectivity index (χ1v) is 7.44. The van der Waals surface area contributed by atoms with Crippen molar-refractivity contribution in [1.82, 2.24) is 4.90 Å². The molecule has 0 saturated carbocycles. The quantitative estimate of drug-likeness (QED) is 0.864. The highest BCUT2D eigenvalue weighted by atomic mass is 35.5. The van der Waals surface area contributed by atoms with Crippen LogP contribution in [0, 0.1) is 5.82 Å². The molecule has 0 aliphatic carbocycles. The molecule has 6 heteroatoms. The van der Waals surface area contributed by atoms with E-state index in [4.69, 9.17) is 11.6 Å². The minimum absolute atomic E-state index is 0.112. The Labute approximate surface area is 138 Å². The van der Waals surface area contributed by atoms with E-state index >= 15 is 0 Å². The molecule has 2 aromatic carbocycles. The molecule has 2 aromatic rings. The Morgan fingerprint density at radius 2 is 1.91 bits per heavy atom. The van der Waals surface area contributed by atoms with Gasteiger partial charge in [0.25, 0.3) is 0 Å².